The average Bonchev–Trinajstić information content (AvgIpc) is 2.85. The Kier molecular flexibility index (Phi) is 4.27. The third kappa shape index (κ3) is 3.17. The van der Waals surface area contributed by atoms with Crippen LogP contribution < -0.4 is 4.74 Å². The van der Waals surface area contributed by atoms with E-state index >= 15 is 0 Å². The first-order chi connectivity index (χ1) is 12.1. The normalized spacial score (nSPS) is 17.0. The van der Waals surface area contributed by atoms with Crippen LogP contribution in [-0.2, 0) is 0 Å². The maximum atomic E-state index is 10.9. The molecule has 0 aliphatic carbocycles. The van der Waals surface area contributed by atoms with Gasteiger partial charge in [0.25, 0.3) is 0 Å². The molecule has 128 valence electrons. The summed E-state index contributed by atoms with van der Waals surface area (Å²) in [6.45, 7) is 2.02. The molecule has 2 aliphatic rings. The molecule has 0 bridgehead atoms. The lowest BCUT2D eigenvalue weighted by atomic mass is 9.91. The summed E-state index contributed by atoms with van der Waals surface area (Å²) in [6.07, 6.45) is 0.663. The van der Waals surface area contributed by atoms with E-state index in [2.05, 4.69) is 36.2 Å². The van der Waals surface area contributed by atoms with Gasteiger partial charge in [0.05, 0.1) is 0 Å². The van der Waals surface area contributed by atoms with E-state index in [1.165, 1.54) is 21.6 Å². The van der Waals surface area contributed by atoms with Crippen molar-refractivity contribution in [2.24, 2.45) is 0 Å². The lowest BCUT2D eigenvalue weighted by Gasteiger charge is -2.14. The fourth-order valence-electron chi connectivity index (χ4n) is 3.54. The molecule has 0 radical (unpaired) electrons. The van der Waals surface area contributed by atoms with Crippen molar-refractivity contribution in [1.29, 1.82) is 0 Å². The maximum absolute atomic E-state index is 10.9. The molecule has 0 unspecified atom stereocenters. The molecule has 2 heterocycles. The molecule has 1 N–H and O–H groups in total. The van der Waals surface area contributed by atoms with Gasteiger partial charge in [-0.15, -0.1) is 0 Å². The van der Waals surface area contributed by atoms with Crippen LogP contribution in [0.3, 0.4) is 0 Å². The first-order valence-electron chi connectivity index (χ1n) is 8.35. The largest absolute Gasteiger partial charge is 0.511 e. The molecule has 0 fully saturated rings. The van der Waals surface area contributed by atoms with Crippen molar-refractivity contribution >= 4 is 29.1 Å². The monoisotopic (exact) mass is 353 g/mol. The van der Waals surface area contributed by atoms with Crippen LogP contribution >= 0.6 is 11.8 Å². The van der Waals surface area contributed by atoms with Gasteiger partial charge < -0.3 is 14.7 Å². The average molecular weight is 353 g/mol. The molecule has 0 atom stereocenters. The Morgan fingerprint density at radius 3 is 2.48 bits per heavy atom. The molecule has 0 saturated heterocycles. The zero-order valence-electron chi connectivity index (χ0n) is 14.0. The number of carboxylic acid groups (broad SMARTS) is 1. The van der Waals surface area contributed by atoms with Crippen molar-refractivity contribution < 1.29 is 14.6 Å². The second-order valence-electron chi connectivity index (χ2n) is 6.38. The van der Waals surface area contributed by atoms with Crippen LogP contribution in [0.25, 0.3) is 11.1 Å². The van der Waals surface area contributed by atoms with E-state index < -0.39 is 6.16 Å². The number of hydrogen-bond acceptors (Lipinski definition) is 4. The summed E-state index contributed by atoms with van der Waals surface area (Å²) in [4.78, 5) is 15.7. The molecule has 4 nitrogen and oxygen atoms in total. The summed E-state index contributed by atoms with van der Waals surface area (Å²) in [5.74, 6) is 0.377. The first kappa shape index (κ1) is 16.2. The number of nitrogens with zero attached hydrogens (tertiary/aromatic N) is 1. The number of benzene rings is 2. The molecule has 0 amide bonds. The lowest BCUT2D eigenvalue weighted by Crippen LogP contribution is -2.19. The van der Waals surface area contributed by atoms with E-state index in [1.54, 1.807) is 17.8 Å². The fourth-order valence-corrected chi connectivity index (χ4v) is 4.65. The van der Waals surface area contributed by atoms with Crippen molar-refractivity contribution in [2.45, 2.75) is 22.6 Å². The van der Waals surface area contributed by atoms with Crippen molar-refractivity contribution in [2.75, 3.05) is 20.1 Å². The molecule has 25 heavy (non-hydrogen) atoms. The number of hydrogen-bond donors (Lipinski definition) is 1. The minimum atomic E-state index is -1.28. The van der Waals surface area contributed by atoms with Gasteiger partial charge in [0.2, 0.25) is 0 Å². The van der Waals surface area contributed by atoms with Gasteiger partial charge in [-0.1, -0.05) is 30.0 Å². The number of rotatable bonds is 1. The van der Waals surface area contributed by atoms with Gasteiger partial charge in [0.15, 0.2) is 0 Å². The summed E-state index contributed by atoms with van der Waals surface area (Å²) < 4.78 is 4.90. The lowest BCUT2D eigenvalue weighted by molar-refractivity contribution is 0.144. The number of fused-ring (bicyclic) bond motifs is 4. The van der Waals surface area contributed by atoms with Crippen molar-refractivity contribution in [3.63, 3.8) is 0 Å². The number of ether oxygens (including phenoxy) is 1. The molecule has 5 heteroatoms. The third-order valence-electron chi connectivity index (χ3n) is 4.76. The van der Waals surface area contributed by atoms with E-state index in [0.717, 1.165) is 36.4 Å². The van der Waals surface area contributed by atoms with E-state index in [4.69, 9.17) is 9.84 Å². The topological polar surface area (TPSA) is 49.8 Å². The Bertz CT molecular complexity index is 875. The smallest absolute Gasteiger partial charge is 0.449 e. The van der Waals surface area contributed by atoms with Crippen LogP contribution in [0, 0.1) is 0 Å². The molecular weight excluding hydrogens is 334 g/mol. The van der Waals surface area contributed by atoms with Crippen LogP contribution in [0.1, 0.15) is 24.0 Å². The molecule has 2 aliphatic heterocycles. The Hall–Kier alpha value is -2.24. The SMILES string of the molecule is CN1CCC2=C(CC1)c1cc(OC(=O)O)ccc1Sc1ccccc12. The molecule has 0 aromatic heterocycles. The van der Waals surface area contributed by atoms with E-state index in [0.29, 0.717) is 5.75 Å². The van der Waals surface area contributed by atoms with Crippen LogP contribution in [0.4, 0.5) is 4.79 Å². The van der Waals surface area contributed by atoms with Gasteiger partial charge in [0.1, 0.15) is 5.75 Å². The van der Waals surface area contributed by atoms with E-state index in [9.17, 15) is 4.79 Å². The van der Waals surface area contributed by atoms with Gasteiger partial charge in [-0.05, 0) is 66.4 Å². The quantitative estimate of drug-likeness (QED) is 0.587. The summed E-state index contributed by atoms with van der Waals surface area (Å²) >= 11 is 1.75. The Morgan fingerprint density at radius 1 is 1.04 bits per heavy atom. The first-order valence-corrected chi connectivity index (χ1v) is 9.16. The second-order valence-corrected chi connectivity index (χ2v) is 7.47. The number of carbonyl (C=O) groups is 1. The Balaban J connectivity index is 1.91. The third-order valence-corrected chi connectivity index (χ3v) is 5.92. The zero-order chi connectivity index (χ0) is 17.4. The van der Waals surface area contributed by atoms with Crippen molar-refractivity contribution in [3.8, 4) is 5.75 Å². The zero-order valence-corrected chi connectivity index (χ0v) is 14.8. The van der Waals surface area contributed by atoms with Crippen LogP contribution in [0.2, 0.25) is 0 Å². The van der Waals surface area contributed by atoms with Gasteiger partial charge in [-0.3, -0.25) is 0 Å². The van der Waals surface area contributed by atoms with Gasteiger partial charge >= 0.3 is 6.16 Å². The Morgan fingerprint density at radius 2 is 1.72 bits per heavy atom. The van der Waals surface area contributed by atoms with Crippen molar-refractivity contribution in [1.82, 2.24) is 4.90 Å². The van der Waals surface area contributed by atoms with Gasteiger partial charge in [-0.25, -0.2) is 4.79 Å². The summed E-state index contributed by atoms with van der Waals surface area (Å²) in [5, 5.41) is 8.93. The van der Waals surface area contributed by atoms with Crippen molar-refractivity contribution in [3.05, 3.63) is 53.6 Å². The van der Waals surface area contributed by atoms with Crippen LogP contribution in [0.5, 0.6) is 5.75 Å². The van der Waals surface area contributed by atoms with E-state index in [1.807, 2.05) is 12.1 Å². The minimum Gasteiger partial charge on any atom is -0.449 e. The fraction of sp³-hybridized carbons (Fsp3) is 0.250. The molecular formula is C20H19NO3S. The molecule has 0 saturated carbocycles. The molecule has 2 aromatic carbocycles. The standard InChI is InChI=1S/C20H19NO3S/c1-21-10-8-14-15(9-11-21)17-12-13(24-20(22)23)6-7-19(17)25-18-5-3-2-4-16(14)18/h2-7,12H,8-11H2,1H3,(H,22,23). The predicted octanol–water partition coefficient (Wildman–Crippen LogP) is 4.84. The van der Waals surface area contributed by atoms with Gasteiger partial charge in [0, 0.05) is 22.9 Å². The highest BCUT2D eigenvalue weighted by molar-refractivity contribution is 7.99. The van der Waals surface area contributed by atoms with Gasteiger partial charge in [-0.2, -0.15) is 0 Å². The molecule has 2 aromatic rings. The Labute approximate surface area is 151 Å². The second kappa shape index (κ2) is 6.58. The predicted molar refractivity (Wildman–Crippen MR) is 99.2 cm³/mol. The highest BCUT2D eigenvalue weighted by Gasteiger charge is 2.25. The molecule has 0 spiro atoms. The van der Waals surface area contributed by atoms with E-state index in [-0.39, 0.29) is 0 Å². The highest BCUT2D eigenvalue weighted by Crippen LogP contribution is 2.47. The highest BCUT2D eigenvalue weighted by atomic mass is 32.2. The summed E-state index contributed by atoms with van der Waals surface area (Å²) in [5.41, 5.74) is 5.09. The maximum Gasteiger partial charge on any atom is 0.511 e. The molecule has 4 rings (SSSR count). The van der Waals surface area contributed by atoms with Crippen LogP contribution in [0.15, 0.2) is 52.3 Å². The minimum absolute atomic E-state index is 0.377. The summed E-state index contributed by atoms with van der Waals surface area (Å²) in [6, 6.07) is 14.1. The summed E-state index contributed by atoms with van der Waals surface area (Å²) in [7, 11) is 2.15. The van der Waals surface area contributed by atoms with Crippen LogP contribution in [-0.4, -0.2) is 36.3 Å².